The van der Waals surface area contributed by atoms with Crippen LogP contribution in [0.25, 0.3) is 0 Å². The molecule has 0 unspecified atom stereocenters. The average Bonchev–Trinajstić information content (AvgIpc) is 3.38. The van der Waals surface area contributed by atoms with Crippen molar-refractivity contribution in [3.05, 3.63) is 18.2 Å². The van der Waals surface area contributed by atoms with E-state index in [2.05, 4.69) is 30.2 Å². The van der Waals surface area contributed by atoms with Crippen molar-refractivity contribution in [3.63, 3.8) is 0 Å². The largest absolute Gasteiger partial charge is 0.308 e. The fraction of sp³-hybridized carbons (Fsp3) is 0.500. The molecule has 0 bridgehead atoms. The number of hydrazine groups is 1. The first-order chi connectivity index (χ1) is 9.85. The van der Waals surface area contributed by atoms with Gasteiger partial charge < -0.3 is 9.99 Å². The van der Waals surface area contributed by atoms with E-state index in [9.17, 15) is 0 Å². The molecular weight excluding hydrogens is 274 g/mol. The highest BCUT2D eigenvalue weighted by atomic mass is 32.2. The third kappa shape index (κ3) is 2.25. The van der Waals surface area contributed by atoms with E-state index in [0.717, 1.165) is 16.0 Å². The predicted octanol–water partition coefficient (Wildman–Crippen LogP) is 1.72. The summed E-state index contributed by atoms with van der Waals surface area (Å²) in [5, 5.41) is 10.5. The van der Waals surface area contributed by atoms with Gasteiger partial charge in [0, 0.05) is 18.0 Å². The highest BCUT2D eigenvalue weighted by Gasteiger charge is 2.36. The Labute approximate surface area is 120 Å². The zero-order valence-electron chi connectivity index (χ0n) is 10.9. The zero-order valence-corrected chi connectivity index (χ0v) is 11.7. The van der Waals surface area contributed by atoms with Crippen molar-refractivity contribution in [2.24, 2.45) is 5.84 Å². The first-order valence-corrected chi connectivity index (χ1v) is 7.58. The van der Waals surface area contributed by atoms with Gasteiger partial charge >= 0.3 is 0 Å². The lowest BCUT2D eigenvalue weighted by molar-refractivity contribution is 0.626. The molecule has 2 aromatic heterocycles. The first-order valence-electron chi connectivity index (χ1n) is 6.76. The van der Waals surface area contributed by atoms with E-state index in [0.29, 0.717) is 17.8 Å². The predicted molar refractivity (Wildman–Crippen MR) is 74.2 cm³/mol. The Balaban J connectivity index is 1.64. The Morgan fingerprint density at radius 3 is 2.75 bits per heavy atom. The molecule has 0 amide bonds. The minimum absolute atomic E-state index is 0.581. The van der Waals surface area contributed by atoms with Crippen molar-refractivity contribution >= 4 is 17.6 Å². The SMILES string of the molecule is NNc1cc(Sc2nnc(C3CC3)n2C2CC2)ncn1. The first kappa shape index (κ1) is 12.1. The number of nitrogen functional groups attached to an aromatic ring is 1. The van der Waals surface area contributed by atoms with Gasteiger partial charge in [-0.1, -0.05) is 0 Å². The summed E-state index contributed by atoms with van der Waals surface area (Å²) in [5.41, 5.74) is 2.53. The van der Waals surface area contributed by atoms with Gasteiger partial charge in [-0.25, -0.2) is 15.8 Å². The molecule has 0 atom stereocenters. The molecule has 0 aliphatic heterocycles. The molecule has 20 heavy (non-hydrogen) atoms. The summed E-state index contributed by atoms with van der Waals surface area (Å²) >= 11 is 1.52. The molecular formula is C12H15N7S. The smallest absolute Gasteiger partial charge is 0.197 e. The van der Waals surface area contributed by atoms with Crippen LogP contribution in [0.1, 0.15) is 43.5 Å². The van der Waals surface area contributed by atoms with Crippen LogP contribution in [-0.2, 0) is 0 Å². The Kier molecular flexibility index (Phi) is 2.85. The minimum atomic E-state index is 0.581. The summed E-state index contributed by atoms with van der Waals surface area (Å²) in [7, 11) is 0. The Bertz CT molecular complexity index is 632. The lowest BCUT2D eigenvalue weighted by Gasteiger charge is -2.07. The quantitative estimate of drug-likeness (QED) is 0.491. The van der Waals surface area contributed by atoms with Crippen molar-refractivity contribution in [2.75, 3.05) is 5.43 Å². The molecule has 8 heteroatoms. The van der Waals surface area contributed by atoms with Crippen molar-refractivity contribution < 1.29 is 0 Å². The molecule has 0 radical (unpaired) electrons. The van der Waals surface area contributed by atoms with Gasteiger partial charge in [-0.3, -0.25) is 0 Å². The molecule has 2 aliphatic carbocycles. The van der Waals surface area contributed by atoms with Crippen molar-refractivity contribution in [1.82, 2.24) is 24.7 Å². The Morgan fingerprint density at radius 1 is 1.20 bits per heavy atom. The second-order valence-electron chi connectivity index (χ2n) is 5.20. The number of anilines is 1. The molecule has 7 nitrogen and oxygen atoms in total. The van der Waals surface area contributed by atoms with Gasteiger partial charge in [0.25, 0.3) is 0 Å². The molecule has 2 aliphatic rings. The second kappa shape index (κ2) is 4.71. The van der Waals surface area contributed by atoms with Crippen LogP contribution in [-0.4, -0.2) is 24.7 Å². The molecule has 0 saturated heterocycles. The molecule has 3 N–H and O–H groups in total. The van der Waals surface area contributed by atoms with Gasteiger partial charge in [-0.2, -0.15) is 0 Å². The Hall–Kier alpha value is -1.67. The Morgan fingerprint density at radius 2 is 2.05 bits per heavy atom. The second-order valence-corrected chi connectivity index (χ2v) is 6.19. The van der Waals surface area contributed by atoms with E-state index in [1.807, 2.05) is 6.07 Å². The monoisotopic (exact) mass is 289 g/mol. The van der Waals surface area contributed by atoms with Crippen LogP contribution in [0.15, 0.2) is 22.6 Å². The molecule has 2 aromatic rings. The van der Waals surface area contributed by atoms with Gasteiger partial charge in [0.2, 0.25) is 0 Å². The van der Waals surface area contributed by atoms with Gasteiger partial charge in [-0.05, 0) is 37.4 Å². The maximum Gasteiger partial charge on any atom is 0.197 e. The zero-order chi connectivity index (χ0) is 13.5. The summed E-state index contributed by atoms with van der Waals surface area (Å²) in [5.74, 6) is 7.74. The number of hydrogen-bond donors (Lipinski definition) is 2. The summed E-state index contributed by atoms with van der Waals surface area (Å²) in [6, 6.07) is 2.39. The molecule has 0 spiro atoms. The van der Waals surface area contributed by atoms with E-state index in [4.69, 9.17) is 5.84 Å². The lowest BCUT2D eigenvalue weighted by Crippen LogP contribution is -2.08. The van der Waals surface area contributed by atoms with E-state index < -0.39 is 0 Å². The third-order valence-electron chi connectivity index (χ3n) is 3.53. The summed E-state index contributed by atoms with van der Waals surface area (Å²) in [6.07, 6.45) is 6.43. The van der Waals surface area contributed by atoms with E-state index in [1.165, 1.54) is 43.8 Å². The topological polar surface area (TPSA) is 94.5 Å². The summed E-state index contributed by atoms with van der Waals surface area (Å²) in [4.78, 5) is 8.26. The summed E-state index contributed by atoms with van der Waals surface area (Å²) in [6.45, 7) is 0. The number of nitrogens with zero attached hydrogens (tertiary/aromatic N) is 5. The average molecular weight is 289 g/mol. The van der Waals surface area contributed by atoms with Crippen LogP contribution in [0, 0.1) is 0 Å². The molecule has 2 heterocycles. The minimum Gasteiger partial charge on any atom is -0.308 e. The maximum atomic E-state index is 5.37. The number of nitrogens with two attached hydrogens (primary N) is 1. The number of rotatable bonds is 5. The molecule has 2 saturated carbocycles. The van der Waals surface area contributed by atoms with Crippen LogP contribution in [0.2, 0.25) is 0 Å². The van der Waals surface area contributed by atoms with Crippen LogP contribution in [0.4, 0.5) is 5.82 Å². The van der Waals surface area contributed by atoms with Crippen molar-refractivity contribution in [1.29, 1.82) is 0 Å². The van der Waals surface area contributed by atoms with Crippen LogP contribution in [0.5, 0.6) is 0 Å². The van der Waals surface area contributed by atoms with E-state index in [1.54, 1.807) is 0 Å². The molecule has 104 valence electrons. The van der Waals surface area contributed by atoms with Gasteiger partial charge in [0.05, 0.1) is 0 Å². The summed E-state index contributed by atoms with van der Waals surface area (Å²) < 4.78 is 2.31. The number of nitrogens with one attached hydrogen (secondary N) is 1. The normalized spacial score (nSPS) is 18.2. The fourth-order valence-electron chi connectivity index (χ4n) is 2.22. The van der Waals surface area contributed by atoms with Gasteiger partial charge in [0.1, 0.15) is 23.0 Å². The highest BCUT2D eigenvalue weighted by Crippen LogP contribution is 2.46. The van der Waals surface area contributed by atoms with E-state index >= 15 is 0 Å². The number of hydrogen-bond acceptors (Lipinski definition) is 7. The van der Waals surface area contributed by atoms with Crippen LogP contribution < -0.4 is 11.3 Å². The number of aromatic nitrogens is 5. The van der Waals surface area contributed by atoms with Crippen LogP contribution >= 0.6 is 11.8 Å². The fourth-order valence-corrected chi connectivity index (χ4v) is 3.10. The molecule has 4 rings (SSSR count). The molecule has 0 aromatic carbocycles. The van der Waals surface area contributed by atoms with Crippen LogP contribution in [0.3, 0.4) is 0 Å². The molecule has 2 fully saturated rings. The van der Waals surface area contributed by atoms with Crippen molar-refractivity contribution in [3.8, 4) is 0 Å². The maximum absolute atomic E-state index is 5.37. The van der Waals surface area contributed by atoms with E-state index in [-0.39, 0.29) is 0 Å². The highest BCUT2D eigenvalue weighted by molar-refractivity contribution is 7.99. The van der Waals surface area contributed by atoms with Gasteiger partial charge in [-0.15, -0.1) is 10.2 Å². The lowest BCUT2D eigenvalue weighted by atomic mass is 10.4. The third-order valence-corrected chi connectivity index (χ3v) is 4.42. The standard InChI is InChI=1S/C12H15N7S/c13-16-9-5-10(15-6-14-9)20-12-18-17-11(7-1-2-7)19(12)8-3-4-8/h5-8H,1-4,13H2,(H,14,15,16). The van der Waals surface area contributed by atoms with Crippen molar-refractivity contribution in [2.45, 2.75) is 47.8 Å². The van der Waals surface area contributed by atoms with Gasteiger partial charge in [0.15, 0.2) is 5.16 Å².